The summed E-state index contributed by atoms with van der Waals surface area (Å²) in [5, 5.41) is 28.5. The van der Waals surface area contributed by atoms with Crippen LogP contribution in [-0.4, -0.2) is 27.3 Å². The zero-order valence-corrected chi connectivity index (χ0v) is 8.70. The number of aliphatic hydroxyl groups excluding tert-OH is 2. The van der Waals surface area contributed by atoms with Gasteiger partial charge in [-0.05, 0) is 12.1 Å². The van der Waals surface area contributed by atoms with Crippen molar-refractivity contribution in [1.82, 2.24) is 0 Å². The van der Waals surface area contributed by atoms with Crippen molar-refractivity contribution >= 4 is 23.2 Å². The molecule has 14 heavy (non-hydrogen) atoms. The van der Waals surface area contributed by atoms with Crippen LogP contribution in [0.5, 0.6) is 5.75 Å². The van der Waals surface area contributed by atoms with Crippen molar-refractivity contribution < 1.29 is 15.3 Å². The SMILES string of the molecule is Oc1cc(Cl)ccc1C(O)C(O)CCl. The number of hydrogen-bond acceptors (Lipinski definition) is 3. The second-order valence-electron chi connectivity index (χ2n) is 2.87. The van der Waals surface area contributed by atoms with Crippen LogP contribution in [0.4, 0.5) is 0 Å². The number of halogens is 2. The van der Waals surface area contributed by atoms with Gasteiger partial charge in [-0.25, -0.2) is 0 Å². The molecule has 3 nitrogen and oxygen atoms in total. The Hall–Kier alpha value is -0.480. The summed E-state index contributed by atoms with van der Waals surface area (Å²) in [7, 11) is 0. The molecule has 0 amide bonds. The van der Waals surface area contributed by atoms with Gasteiger partial charge in [0, 0.05) is 10.6 Å². The highest BCUT2D eigenvalue weighted by Crippen LogP contribution is 2.29. The number of benzene rings is 1. The van der Waals surface area contributed by atoms with Crippen molar-refractivity contribution in [2.45, 2.75) is 12.2 Å². The standard InChI is InChI=1S/C9H10Cl2O3/c10-4-8(13)9(14)6-2-1-5(11)3-7(6)12/h1-3,8-9,12-14H,4H2. The third-order valence-corrected chi connectivity index (χ3v) is 2.38. The maximum absolute atomic E-state index is 9.52. The topological polar surface area (TPSA) is 60.7 Å². The van der Waals surface area contributed by atoms with E-state index in [0.717, 1.165) is 0 Å². The van der Waals surface area contributed by atoms with Gasteiger partial charge in [-0.3, -0.25) is 0 Å². The van der Waals surface area contributed by atoms with Gasteiger partial charge in [0.25, 0.3) is 0 Å². The van der Waals surface area contributed by atoms with E-state index in [2.05, 4.69) is 0 Å². The molecule has 0 radical (unpaired) electrons. The molecular weight excluding hydrogens is 227 g/mol. The Labute approximate surface area is 91.5 Å². The van der Waals surface area contributed by atoms with Crippen LogP contribution in [0.1, 0.15) is 11.7 Å². The first-order valence-corrected chi connectivity index (χ1v) is 4.88. The lowest BCUT2D eigenvalue weighted by atomic mass is 10.0. The minimum absolute atomic E-state index is 0.108. The van der Waals surface area contributed by atoms with Crippen LogP contribution in [0.3, 0.4) is 0 Å². The second-order valence-corrected chi connectivity index (χ2v) is 3.61. The van der Waals surface area contributed by atoms with Crippen molar-refractivity contribution in [2.75, 3.05) is 5.88 Å². The fourth-order valence-corrected chi connectivity index (χ4v) is 1.39. The molecule has 3 N–H and O–H groups in total. The lowest BCUT2D eigenvalue weighted by Crippen LogP contribution is -2.19. The van der Waals surface area contributed by atoms with Gasteiger partial charge in [-0.2, -0.15) is 0 Å². The molecule has 0 aliphatic rings. The van der Waals surface area contributed by atoms with Gasteiger partial charge in [0.2, 0.25) is 0 Å². The van der Waals surface area contributed by atoms with Crippen LogP contribution in [0, 0.1) is 0 Å². The summed E-state index contributed by atoms with van der Waals surface area (Å²) >= 11 is 11.0. The number of phenols is 1. The molecule has 0 saturated heterocycles. The molecule has 0 aliphatic heterocycles. The summed E-state index contributed by atoms with van der Waals surface area (Å²) in [4.78, 5) is 0. The van der Waals surface area contributed by atoms with E-state index in [4.69, 9.17) is 23.2 Å². The second kappa shape index (κ2) is 4.84. The zero-order chi connectivity index (χ0) is 10.7. The minimum Gasteiger partial charge on any atom is -0.508 e. The molecule has 0 spiro atoms. The van der Waals surface area contributed by atoms with E-state index >= 15 is 0 Å². The first kappa shape index (κ1) is 11.6. The van der Waals surface area contributed by atoms with Gasteiger partial charge < -0.3 is 15.3 Å². The molecule has 1 aromatic carbocycles. The molecule has 0 aliphatic carbocycles. The van der Waals surface area contributed by atoms with Crippen LogP contribution < -0.4 is 0 Å². The van der Waals surface area contributed by atoms with E-state index < -0.39 is 12.2 Å². The highest BCUT2D eigenvalue weighted by atomic mass is 35.5. The Kier molecular flexibility index (Phi) is 4.01. The van der Waals surface area contributed by atoms with Crippen LogP contribution in [-0.2, 0) is 0 Å². The Morgan fingerprint density at radius 2 is 1.93 bits per heavy atom. The number of aromatic hydroxyl groups is 1. The van der Waals surface area contributed by atoms with Gasteiger partial charge >= 0.3 is 0 Å². The van der Waals surface area contributed by atoms with Crippen molar-refractivity contribution in [3.05, 3.63) is 28.8 Å². The van der Waals surface area contributed by atoms with Gasteiger partial charge in [-0.15, -0.1) is 11.6 Å². The van der Waals surface area contributed by atoms with Crippen LogP contribution >= 0.6 is 23.2 Å². The van der Waals surface area contributed by atoms with E-state index in [1.54, 1.807) is 0 Å². The number of phenolic OH excluding ortho intramolecular Hbond substituents is 1. The molecule has 2 unspecified atom stereocenters. The van der Waals surface area contributed by atoms with Crippen LogP contribution in [0.2, 0.25) is 5.02 Å². The van der Waals surface area contributed by atoms with Crippen molar-refractivity contribution in [3.8, 4) is 5.75 Å². The molecule has 0 aromatic heterocycles. The third kappa shape index (κ3) is 2.51. The molecule has 1 aromatic rings. The lowest BCUT2D eigenvalue weighted by Gasteiger charge is -2.16. The average Bonchev–Trinajstić information content (AvgIpc) is 2.15. The Balaban J connectivity index is 2.95. The molecule has 2 atom stereocenters. The summed E-state index contributed by atoms with van der Waals surface area (Å²) < 4.78 is 0. The number of rotatable bonds is 3. The van der Waals surface area contributed by atoms with Crippen LogP contribution in [0.25, 0.3) is 0 Å². The number of alkyl halides is 1. The van der Waals surface area contributed by atoms with Gasteiger partial charge in [-0.1, -0.05) is 17.7 Å². The molecule has 0 saturated carbocycles. The predicted octanol–water partition coefficient (Wildman–Crippen LogP) is 1.68. The molecule has 1 rings (SSSR count). The first-order chi connectivity index (χ1) is 6.56. The highest BCUT2D eigenvalue weighted by Gasteiger charge is 2.20. The fraction of sp³-hybridized carbons (Fsp3) is 0.333. The molecule has 0 heterocycles. The van der Waals surface area contributed by atoms with Crippen molar-refractivity contribution in [2.24, 2.45) is 0 Å². The predicted molar refractivity (Wildman–Crippen MR) is 54.8 cm³/mol. The van der Waals surface area contributed by atoms with Gasteiger partial charge in [0.05, 0.1) is 12.0 Å². The Morgan fingerprint density at radius 3 is 2.43 bits per heavy atom. The normalized spacial score (nSPS) is 15.1. The summed E-state index contributed by atoms with van der Waals surface area (Å²) in [6.07, 6.45) is -2.31. The largest absolute Gasteiger partial charge is 0.508 e. The minimum atomic E-state index is -1.20. The summed E-state index contributed by atoms with van der Waals surface area (Å²) in [5.41, 5.74) is 0.211. The fourth-order valence-electron chi connectivity index (χ4n) is 1.06. The Bertz CT molecular complexity index is 317. The van der Waals surface area contributed by atoms with E-state index in [1.807, 2.05) is 0 Å². The molecular formula is C9H10Cl2O3. The molecule has 5 heteroatoms. The molecule has 78 valence electrons. The van der Waals surface area contributed by atoms with E-state index in [-0.39, 0.29) is 17.2 Å². The quantitative estimate of drug-likeness (QED) is 0.701. The van der Waals surface area contributed by atoms with Crippen LogP contribution in [0.15, 0.2) is 18.2 Å². The van der Waals surface area contributed by atoms with Crippen molar-refractivity contribution in [3.63, 3.8) is 0 Å². The lowest BCUT2D eigenvalue weighted by molar-refractivity contribution is 0.0312. The number of hydrogen-bond donors (Lipinski definition) is 3. The van der Waals surface area contributed by atoms with Gasteiger partial charge in [0.1, 0.15) is 11.9 Å². The average molecular weight is 237 g/mol. The monoisotopic (exact) mass is 236 g/mol. The first-order valence-electron chi connectivity index (χ1n) is 3.96. The summed E-state index contributed by atoms with van der Waals surface area (Å²) in [6, 6.07) is 4.25. The van der Waals surface area contributed by atoms with Crippen molar-refractivity contribution in [1.29, 1.82) is 0 Å². The maximum atomic E-state index is 9.52. The third-order valence-electron chi connectivity index (χ3n) is 1.83. The Morgan fingerprint density at radius 1 is 1.29 bits per heavy atom. The molecule has 0 fully saturated rings. The summed E-state index contributed by atoms with van der Waals surface area (Å²) in [6.45, 7) is 0. The maximum Gasteiger partial charge on any atom is 0.122 e. The van der Waals surface area contributed by atoms with Gasteiger partial charge in [0.15, 0.2) is 0 Å². The van der Waals surface area contributed by atoms with E-state index in [0.29, 0.717) is 5.02 Å². The summed E-state index contributed by atoms with van der Waals surface area (Å²) in [5.74, 6) is -0.266. The zero-order valence-electron chi connectivity index (χ0n) is 7.19. The van der Waals surface area contributed by atoms with E-state index in [9.17, 15) is 15.3 Å². The highest BCUT2D eigenvalue weighted by molar-refractivity contribution is 6.30. The smallest absolute Gasteiger partial charge is 0.122 e. The van der Waals surface area contributed by atoms with E-state index in [1.165, 1.54) is 18.2 Å². The molecule has 0 bridgehead atoms. The number of aliphatic hydroxyl groups is 2.